The fourth-order valence-corrected chi connectivity index (χ4v) is 5.02. The van der Waals surface area contributed by atoms with Crippen LogP contribution in [-0.2, 0) is 0 Å². The van der Waals surface area contributed by atoms with Gasteiger partial charge < -0.3 is 30.3 Å². The number of carbonyl (C=O) groups is 1. The van der Waals surface area contributed by atoms with Gasteiger partial charge in [0.15, 0.2) is 0 Å². The van der Waals surface area contributed by atoms with Crippen molar-refractivity contribution in [1.29, 1.82) is 0 Å². The monoisotopic (exact) mass is 621 g/mol. The highest BCUT2D eigenvalue weighted by molar-refractivity contribution is 6.06. The van der Waals surface area contributed by atoms with Crippen LogP contribution in [0.2, 0.25) is 0 Å². The van der Waals surface area contributed by atoms with Crippen LogP contribution in [0.1, 0.15) is 17.3 Å². The third kappa shape index (κ3) is 7.13. The Kier molecular flexibility index (Phi) is 9.16. The molecule has 0 atom stereocenters. The molecule has 12 heteroatoms. The highest BCUT2D eigenvalue weighted by atomic mass is 19.1. The number of amides is 1. The lowest BCUT2D eigenvalue weighted by Gasteiger charge is -2.29. The molecule has 2 aromatic heterocycles. The Bertz CT molecular complexity index is 1870. The van der Waals surface area contributed by atoms with E-state index in [2.05, 4.69) is 43.0 Å². The van der Waals surface area contributed by atoms with Crippen LogP contribution in [-0.4, -0.2) is 53.2 Å². The maximum atomic E-state index is 13.4. The molecule has 0 bridgehead atoms. The van der Waals surface area contributed by atoms with Crippen molar-refractivity contribution in [3.05, 3.63) is 119 Å². The number of halogens is 1. The number of ether oxygens (including phenoxy) is 2. The highest BCUT2D eigenvalue weighted by Crippen LogP contribution is 2.26. The first kappa shape index (κ1) is 30.3. The fourth-order valence-electron chi connectivity index (χ4n) is 5.02. The van der Waals surface area contributed by atoms with Crippen molar-refractivity contribution in [1.82, 2.24) is 19.9 Å². The summed E-state index contributed by atoms with van der Waals surface area (Å²) in [4.78, 5) is 37.8. The molecule has 1 aliphatic rings. The Morgan fingerprint density at radius 3 is 2.50 bits per heavy atom. The van der Waals surface area contributed by atoms with Crippen LogP contribution in [0.5, 0.6) is 17.4 Å². The van der Waals surface area contributed by atoms with Crippen molar-refractivity contribution < 1.29 is 18.7 Å². The average Bonchev–Trinajstić information content (AvgIpc) is 3.07. The normalized spacial score (nSPS) is 12.8. The van der Waals surface area contributed by atoms with Gasteiger partial charge in [0, 0.05) is 67.4 Å². The molecule has 234 valence electrons. The summed E-state index contributed by atoms with van der Waals surface area (Å²) in [5.74, 6) is 0.268. The van der Waals surface area contributed by atoms with Gasteiger partial charge in [-0.3, -0.25) is 14.2 Å². The number of rotatable bonds is 10. The number of carbonyl (C=O) groups excluding carboxylic acids is 1. The van der Waals surface area contributed by atoms with Gasteiger partial charge in [0.05, 0.1) is 6.61 Å². The predicted molar refractivity (Wildman–Crippen MR) is 174 cm³/mol. The van der Waals surface area contributed by atoms with Gasteiger partial charge >= 0.3 is 0 Å². The van der Waals surface area contributed by atoms with Gasteiger partial charge in [0.25, 0.3) is 11.5 Å². The summed E-state index contributed by atoms with van der Waals surface area (Å²) in [7, 11) is 0. The van der Waals surface area contributed by atoms with E-state index in [-0.39, 0.29) is 17.9 Å². The standard InChI is InChI=1S/C34H32FN7O4/c1-2-45-29-15-19-42(26-10-6-23(35)7-11-26)33(44)31(29)32(43)38-24-8-12-28(13-9-24)46-30-14-16-37-34(40-30)39-25-4-3-5-27(22-25)41-20-17-36-18-21-41/h3-16,19,22,36H,2,17-18,20-21H2,1H3,(H,38,43)(H,37,39,40). The summed E-state index contributed by atoms with van der Waals surface area (Å²) in [6, 6.07) is 23.3. The minimum Gasteiger partial charge on any atom is -0.493 e. The minimum atomic E-state index is -0.647. The first-order chi connectivity index (χ1) is 22.5. The van der Waals surface area contributed by atoms with E-state index in [0.29, 0.717) is 29.0 Å². The van der Waals surface area contributed by atoms with E-state index < -0.39 is 17.3 Å². The van der Waals surface area contributed by atoms with Crippen LogP contribution in [0, 0.1) is 5.82 Å². The van der Waals surface area contributed by atoms with Gasteiger partial charge in [0.1, 0.15) is 22.9 Å². The van der Waals surface area contributed by atoms with Crippen molar-refractivity contribution in [2.45, 2.75) is 6.92 Å². The predicted octanol–water partition coefficient (Wildman–Crippen LogP) is 5.36. The van der Waals surface area contributed by atoms with Crippen LogP contribution in [0.15, 0.2) is 102 Å². The molecule has 3 heterocycles. The number of nitrogens with zero attached hydrogens (tertiary/aromatic N) is 4. The lowest BCUT2D eigenvalue weighted by Crippen LogP contribution is -2.43. The SMILES string of the molecule is CCOc1ccn(-c2ccc(F)cc2)c(=O)c1C(=O)Nc1ccc(Oc2ccnc(Nc3cccc(N4CCNCC4)c3)n2)cc1. The highest BCUT2D eigenvalue weighted by Gasteiger charge is 2.20. The van der Waals surface area contributed by atoms with Gasteiger partial charge in [-0.1, -0.05) is 6.07 Å². The van der Waals surface area contributed by atoms with E-state index in [1.54, 1.807) is 43.5 Å². The van der Waals surface area contributed by atoms with Gasteiger partial charge in [-0.05, 0) is 79.7 Å². The van der Waals surface area contributed by atoms with E-state index in [0.717, 1.165) is 37.6 Å². The molecule has 0 spiro atoms. The molecule has 1 aliphatic heterocycles. The third-order valence-corrected chi connectivity index (χ3v) is 7.23. The van der Waals surface area contributed by atoms with Crippen molar-refractivity contribution in [2.75, 3.05) is 48.3 Å². The quantitative estimate of drug-likeness (QED) is 0.189. The van der Waals surface area contributed by atoms with E-state index in [4.69, 9.17) is 9.47 Å². The molecule has 1 fully saturated rings. The van der Waals surface area contributed by atoms with E-state index in [9.17, 15) is 14.0 Å². The molecule has 3 aromatic carbocycles. The summed E-state index contributed by atoms with van der Waals surface area (Å²) in [6.07, 6.45) is 3.09. The first-order valence-corrected chi connectivity index (χ1v) is 14.9. The molecule has 0 saturated carbocycles. The topological polar surface area (TPSA) is 123 Å². The molecule has 3 N–H and O–H groups in total. The van der Waals surface area contributed by atoms with Crippen molar-refractivity contribution in [3.8, 4) is 23.1 Å². The summed E-state index contributed by atoms with van der Waals surface area (Å²) < 4.78 is 26.2. The Labute approximate surface area is 264 Å². The summed E-state index contributed by atoms with van der Waals surface area (Å²) in [6.45, 7) is 5.82. The maximum absolute atomic E-state index is 13.4. The van der Waals surface area contributed by atoms with Crippen LogP contribution >= 0.6 is 0 Å². The Morgan fingerprint density at radius 1 is 0.957 bits per heavy atom. The second kappa shape index (κ2) is 13.9. The largest absolute Gasteiger partial charge is 0.493 e. The number of piperazine rings is 1. The zero-order chi connectivity index (χ0) is 31.9. The minimum absolute atomic E-state index is 0.145. The molecule has 0 aliphatic carbocycles. The van der Waals surface area contributed by atoms with Crippen LogP contribution in [0.4, 0.5) is 27.4 Å². The zero-order valence-electron chi connectivity index (χ0n) is 25.1. The number of aromatic nitrogens is 3. The Morgan fingerprint density at radius 2 is 1.74 bits per heavy atom. The number of pyridine rings is 1. The summed E-state index contributed by atoms with van der Waals surface area (Å²) >= 11 is 0. The van der Waals surface area contributed by atoms with Gasteiger partial charge in [-0.25, -0.2) is 9.37 Å². The molecule has 11 nitrogen and oxygen atoms in total. The van der Waals surface area contributed by atoms with Crippen LogP contribution in [0.25, 0.3) is 5.69 Å². The molecular weight excluding hydrogens is 589 g/mol. The first-order valence-electron chi connectivity index (χ1n) is 14.9. The lowest BCUT2D eigenvalue weighted by molar-refractivity contribution is 0.102. The third-order valence-electron chi connectivity index (χ3n) is 7.23. The molecule has 1 amide bonds. The molecule has 5 aromatic rings. The van der Waals surface area contributed by atoms with Gasteiger partial charge in [-0.15, -0.1) is 0 Å². The summed E-state index contributed by atoms with van der Waals surface area (Å²) in [5, 5.41) is 9.36. The van der Waals surface area contributed by atoms with E-state index in [1.807, 2.05) is 12.1 Å². The number of nitrogens with one attached hydrogen (secondary N) is 3. The smallest absolute Gasteiger partial charge is 0.271 e. The number of benzene rings is 3. The van der Waals surface area contributed by atoms with Crippen LogP contribution in [0.3, 0.4) is 0 Å². The molecule has 46 heavy (non-hydrogen) atoms. The van der Waals surface area contributed by atoms with Crippen molar-refractivity contribution in [3.63, 3.8) is 0 Å². The van der Waals surface area contributed by atoms with E-state index in [1.165, 1.54) is 41.1 Å². The number of hydrogen-bond donors (Lipinski definition) is 3. The van der Waals surface area contributed by atoms with Crippen LogP contribution < -0.4 is 35.9 Å². The van der Waals surface area contributed by atoms with Gasteiger partial charge in [-0.2, -0.15) is 4.98 Å². The second-order valence-electron chi connectivity index (χ2n) is 10.4. The zero-order valence-corrected chi connectivity index (χ0v) is 25.1. The number of anilines is 4. The number of hydrogen-bond acceptors (Lipinski definition) is 9. The fraction of sp³-hybridized carbons (Fsp3) is 0.176. The van der Waals surface area contributed by atoms with Crippen molar-refractivity contribution >= 4 is 28.9 Å². The molecular formula is C34H32FN7O4. The summed E-state index contributed by atoms with van der Waals surface area (Å²) in [5.41, 5.74) is 2.07. The van der Waals surface area contributed by atoms with E-state index >= 15 is 0 Å². The van der Waals surface area contributed by atoms with Gasteiger partial charge in [0.2, 0.25) is 11.8 Å². The Hall–Kier alpha value is -5.75. The maximum Gasteiger partial charge on any atom is 0.271 e. The lowest BCUT2D eigenvalue weighted by atomic mass is 10.2. The Balaban J connectivity index is 1.13. The molecule has 1 saturated heterocycles. The molecule has 6 rings (SSSR count). The average molecular weight is 622 g/mol. The second-order valence-corrected chi connectivity index (χ2v) is 10.4. The molecule has 0 radical (unpaired) electrons. The molecule has 0 unspecified atom stereocenters. The van der Waals surface area contributed by atoms with Crippen molar-refractivity contribution in [2.24, 2.45) is 0 Å².